The van der Waals surface area contributed by atoms with E-state index in [1.54, 1.807) is 0 Å². The number of nitrogens with zero attached hydrogens (tertiary/aromatic N) is 4. The molecular formula is C18H27N5O2. The van der Waals surface area contributed by atoms with Crippen LogP contribution in [0.1, 0.15) is 57.9 Å². The molecule has 0 spiro atoms. The highest BCUT2D eigenvalue weighted by molar-refractivity contribution is 5.68. The number of carbonyl (C=O) groups excluding carboxylic acids is 1. The minimum absolute atomic E-state index is 0.0286. The van der Waals surface area contributed by atoms with Gasteiger partial charge in [0.2, 0.25) is 0 Å². The lowest BCUT2D eigenvalue weighted by Gasteiger charge is -2.22. The molecule has 1 aromatic rings. The van der Waals surface area contributed by atoms with E-state index in [4.69, 9.17) is 4.74 Å². The predicted octanol–water partition coefficient (Wildman–Crippen LogP) is 2.58. The minimum atomic E-state index is -0.520. The first-order valence-electron chi connectivity index (χ1n) is 8.82. The van der Waals surface area contributed by atoms with Crippen LogP contribution in [0.25, 0.3) is 0 Å². The van der Waals surface area contributed by atoms with Crippen LogP contribution >= 0.6 is 0 Å². The van der Waals surface area contributed by atoms with E-state index in [-0.39, 0.29) is 6.04 Å². The quantitative estimate of drug-likeness (QED) is 0.902. The second kappa shape index (κ2) is 7.68. The van der Waals surface area contributed by atoms with Crippen molar-refractivity contribution in [2.75, 3.05) is 18.0 Å². The standard InChI is InChI=1S/C18H27N5O2/c1-6-13-14(10-19)16(22-21-15(13)7-2)23-9-8-12(11-23)20-17(24)25-18(3,4)5/h12H,6-9,11H2,1-5H3,(H,20,24)/t12-/m0/s1. The molecule has 1 aliphatic rings. The van der Waals surface area contributed by atoms with E-state index in [2.05, 4.69) is 21.6 Å². The van der Waals surface area contributed by atoms with Gasteiger partial charge in [-0.3, -0.25) is 0 Å². The second-order valence-electron chi connectivity index (χ2n) is 7.22. The zero-order chi connectivity index (χ0) is 18.6. The van der Waals surface area contributed by atoms with Crippen LogP contribution in [-0.4, -0.2) is 41.0 Å². The zero-order valence-corrected chi connectivity index (χ0v) is 15.7. The maximum Gasteiger partial charge on any atom is 0.407 e. The summed E-state index contributed by atoms with van der Waals surface area (Å²) < 4.78 is 5.30. The van der Waals surface area contributed by atoms with Crippen molar-refractivity contribution in [2.24, 2.45) is 0 Å². The normalized spacial score (nSPS) is 17.3. The van der Waals surface area contributed by atoms with Crippen LogP contribution in [0.4, 0.5) is 10.6 Å². The minimum Gasteiger partial charge on any atom is -0.444 e. The Morgan fingerprint density at radius 2 is 2.08 bits per heavy atom. The number of anilines is 1. The summed E-state index contributed by atoms with van der Waals surface area (Å²) in [6.45, 7) is 10.9. The van der Waals surface area contributed by atoms with Gasteiger partial charge >= 0.3 is 6.09 Å². The Morgan fingerprint density at radius 3 is 2.64 bits per heavy atom. The molecule has 1 N–H and O–H groups in total. The molecule has 136 valence electrons. The molecule has 0 bridgehead atoms. The molecule has 1 saturated heterocycles. The first-order valence-corrected chi connectivity index (χ1v) is 8.82. The molecule has 1 atom stereocenters. The molecule has 0 unspecified atom stereocenters. The third-order valence-electron chi connectivity index (χ3n) is 4.15. The number of carbonyl (C=O) groups is 1. The van der Waals surface area contributed by atoms with Crippen molar-refractivity contribution < 1.29 is 9.53 Å². The first-order chi connectivity index (χ1) is 11.8. The van der Waals surface area contributed by atoms with E-state index in [0.717, 1.165) is 37.1 Å². The topological polar surface area (TPSA) is 91.1 Å². The van der Waals surface area contributed by atoms with Gasteiger partial charge in [-0.1, -0.05) is 13.8 Å². The van der Waals surface area contributed by atoms with E-state index >= 15 is 0 Å². The molecule has 25 heavy (non-hydrogen) atoms. The lowest BCUT2D eigenvalue weighted by Crippen LogP contribution is -2.40. The number of nitriles is 1. The summed E-state index contributed by atoms with van der Waals surface area (Å²) in [5.74, 6) is 0.616. The molecule has 1 fully saturated rings. The van der Waals surface area contributed by atoms with Crippen LogP contribution in [0, 0.1) is 11.3 Å². The van der Waals surface area contributed by atoms with Crippen LogP contribution in [0.2, 0.25) is 0 Å². The van der Waals surface area contributed by atoms with E-state index in [0.29, 0.717) is 17.9 Å². The van der Waals surface area contributed by atoms with Gasteiger partial charge in [-0.05, 0) is 45.6 Å². The molecule has 1 amide bonds. The van der Waals surface area contributed by atoms with Gasteiger partial charge in [0, 0.05) is 13.1 Å². The molecule has 2 heterocycles. The Labute approximate surface area is 149 Å². The van der Waals surface area contributed by atoms with Crippen molar-refractivity contribution in [3.8, 4) is 6.07 Å². The molecule has 1 aromatic heterocycles. The maximum absolute atomic E-state index is 11.9. The summed E-state index contributed by atoms with van der Waals surface area (Å²) in [5, 5.41) is 21.1. The summed E-state index contributed by atoms with van der Waals surface area (Å²) in [5.41, 5.74) is 1.93. The van der Waals surface area contributed by atoms with Crippen LogP contribution in [0.3, 0.4) is 0 Å². The average Bonchev–Trinajstić information content (AvgIpc) is 2.99. The summed E-state index contributed by atoms with van der Waals surface area (Å²) in [7, 11) is 0. The lowest BCUT2D eigenvalue weighted by molar-refractivity contribution is 0.0509. The maximum atomic E-state index is 11.9. The van der Waals surface area contributed by atoms with Gasteiger partial charge in [0.1, 0.15) is 17.2 Å². The molecule has 7 nitrogen and oxygen atoms in total. The number of hydrogen-bond acceptors (Lipinski definition) is 6. The fourth-order valence-corrected chi connectivity index (χ4v) is 3.05. The third kappa shape index (κ3) is 4.59. The zero-order valence-electron chi connectivity index (χ0n) is 15.7. The smallest absolute Gasteiger partial charge is 0.407 e. The number of hydrogen-bond donors (Lipinski definition) is 1. The number of rotatable bonds is 4. The van der Waals surface area contributed by atoms with Crippen molar-refractivity contribution in [2.45, 2.75) is 65.5 Å². The van der Waals surface area contributed by atoms with E-state index in [1.807, 2.05) is 39.5 Å². The fourth-order valence-electron chi connectivity index (χ4n) is 3.05. The molecule has 0 aromatic carbocycles. The lowest BCUT2D eigenvalue weighted by atomic mass is 10.0. The van der Waals surface area contributed by atoms with Crippen molar-refractivity contribution in [1.82, 2.24) is 15.5 Å². The molecule has 0 radical (unpaired) electrons. The summed E-state index contributed by atoms with van der Waals surface area (Å²) in [6.07, 6.45) is 1.88. The van der Waals surface area contributed by atoms with Crippen LogP contribution < -0.4 is 10.2 Å². The highest BCUT2D eigenvalue weighted by Gasteiger charge is 2.29. The van der Waals surface area contributed by atoms with Crippen LogP contribution in [-0.2, 0) is 17.6 Å². The largest absolute Gasteiger partial charge is 0.444 e. The Bertz CT molecular complexity index is 675. The van der Waals surface area contributed by atoms with E-state index in [9.17, 15) is 10.1 Å². The Morgan fingerprint density at radius 1 is 1.36 bits per heavy atom. The van der Waals surface area contributed by atoms with Gasteiger partial charge in [-0.2, -0.15) is 10.4 Å². The van der Waals surface area contributed by atoms with Crippen molar-refractivity contribution in [3.05, 3.63) is 16.8 Å². The van der Waals surface area contributed by atoms with E-state index in [1.165, 1.54) is 0 Å². The molecule has 1 aliphatic heterocycles. The van der Waals surface area contributed by atoms with Crippen molar-refractivity contribution in [3.63, 3.8) is 0 Å². The average molecular weight is 345 g/mol. The number of aromatic nitrogens is 2. The SMILES string of the molecule is CCc1nnc(N2CC[C@H](NC(=O)OC(C)(C)C)C2)c(C#N)c1CC. The van der Waals surface area contributed by atoms with Gasteiger partial charge in [-0.25, -0.2) is 4.79 Å². The van der Waals surface area contributed by atoms with Gasteiger partial charge in [0.05, 0.1) is 11.7 Å². The van der Waals surface area contributed by atoms with Gasteiger partial charge in [0.15, 0.2) is 5.82 Å². The summed E-state index contributed by atoms with van der Waals surface area (Å²) >= 11 is 0. The van der Waals surface area contributed by atoms with Crippen molar-refractivity contribution >= 4 is 11.9 Å². The Hall–Kier alpha value is -2.36. The number of amides is 1. The number of ether oxygens (including phenoxy) is 1. The van der Waals surface area contributed by atoms with Gasteiger partial charge in [-0.15, -0.1) is 5.10 Å². The third-order valence-corrected chi connectivity index (χ3v) is 4.15. The highest BCUT2D eigenvalue weighted by atomic mass is 16.6. The number of alkyl carbamates (subject to hydrolysis) is 1. The van der Waals surface area contributed by atoms with Crippen molar-refractivity contribution in [1.29, 1.82) is 5.26 Å². The Balaban J connectivity index is 2.12. The molecular weight excluding hydrogens is 318 g/mol. The fraction of sp³-hybridized carbons (Fsp3) is 0.667. The van der Waals surface area contributed by atoms with E-state index < -0.39 is 11.7 Å². The predicted molar refractivity (Wildman–Crippen MR) is 95.5 cm³/mol. The summed E-state index contributed by atoms with van der Waals surface area (Å²) in [4.78, 5) is 14.0. The summed E-state index contributed by atoms with van der Waals surface area (Å²) in [6, 6.07) is 2.27. The monoisotopic (exact) mass is 345 g/mol. The van der Waals surface area contributed by atoms with Gasteiger partial charge in [0.25, 0.3) is 0 Å². The Kier molecular flexibility index (Phi) is 5.83. The van der Waals surface area contributed by atoms with Crippen LogP contribution in [0.5, 0.6) is 0 Å². The highest BCUT2D eigenvalue weighted by Crippen LogP contribution is 2.26. The number of nitrogens with one attached hydrogen (secondary N) is 1. The second-order valence-corrected chi connectivity index (χ2v) is 7.22. The van der Waals surface area contributed by atoms with Crippen LogP contribution in [0.15, 0.2) is 0 Å². The molecule has 2 rings (SSSR count). The first kappa shape index (κ1) is 19.0. The molecule has 7 heteroatoms. The molecule has 0 saturated carbocycles. The number of aryl methyl sites for hydroxylation is 1. The van der Waals surface area contributed by atoms with Gasteiger partial charge < -0.3 is 15.0 Å². The molecule has 0 aliphatic carbocycles.